The molecule has 0 aliphatic rings. The van der Waals surface area contributed by atoms with Crippen LogP contribution in [0, 0.1) is 5.82 Å². The Kier molecular flexibility index (Phi) is 4.16. The molecule has 0 radical (unpaired) electrons. The predicted octanol–water partition coefficient (Wildman–Crippen LogP) is 1.26. The zero-order valence-corrected chi connectivity index (χ0v) is 14.1. The summed E-state index contributed by atoms with van der Waals surface area (Å²) in [5.74, 6) is -0.792. The van der Waals surface area contributed by atoms with Crippen molar-refractivity contribution in [1.29, 1.82) is 0 Å². The van der Waals surface area contributed by atoms with Crippen molar-refractivity contribution in [2.24, 2.45) is 0 Å². The second-order valence-electron chi connectivity index (χ2n) is 5.70. The molecule has 0 bridgehead atoms. The van der Waals surface area contributed by atoms with E-state index in [2.05, 4.69) is 19.9 Å². The van der Waals surface area contributed by atoms with Crippen molar-refractivity contribution < 1.29 is 9.50 Å². The molecule has 26 heavy (non-hydrogen) atoms. The van der Waals surface area contributed by atoms with Gasteiger partial charge in [-0.2, -0.15) is 4.98 Å². The molecule has 3 aromatic rings. The van der Waals surface area contributed by atoms with Crippen LogP contribution in [0.5, 0.6) is 5.75 Å². The van der Waals surface area contributed by atoms with Gasteiger partial charge in [-0.05, 0) is 6.07 Å². The number of aromatic hydroxyl groups is 1. The summed E-state index contributed by atoms with van der Waals surface area (Å²) < 4.78 is 14.5. The molecule has 0 saturated carbocycles. The second-order valence-corrected chi connectivity index (χ2v) is 5.70. The molecule has 7 N–H and O–H groups in total. The molecule has 10 heteroatoms. The van der Waals surface area contributed by atoms with Crippen LogP contribution in [0.2, 0.25) is 0 Å². The van der Waals surface area contributed by atoms with Crippen molar-refractivity contribution in [3.05, 3.63) is 30.3 Å². The van der Waals surface area contributed by atoms with E-state index in [0.29, 0.717) is 5.82 Å². The third kappa shape index (κ3) is 2.88. The number of hydrogen-bond donors (Lipinski definition) is 4. The van der Waals surface area contributed by atoms with Gasteiger partial charge in [-0.25, -0.2) is 14.4 Å². The van der Waals surface area contributed by atoms with Gasteiger partial charge in [-0.1, -0.05) is 0 Å². The topological polar surface area (TPSA) is 153 Å². The second kappa shape index (κ2) is 6.31. The zero-order valence-electron chi connectivity index (χ0n) is 14.1. The quantitative estimate of drug-likeness (QED) is 0.543. The Labute approximate surface area is 148 Å². The first-order valence-corrected chi connectivity index (χ1v) is 7.49. The van der Waals surface area contributed by atoms with Crippen molar-refractivity contribution in [2.45, 2.75) is 0 Å². The van der Waals surface area contributed by atoms with E-state index < -0.39 is 5.82 Å². The molecule has 0 spiro atoms. The van der Waals surface area contributed by atoms with E-state index in [4.69, 9.17) is 17.2 Å². The van der Waals surface area contributed by atoms with Crippen molar-refractivity contribution in [1.82, 2.24) is 19.9 Å². The fourth-order valence-corrected chi connectivity index (χ4v) is 2.43. The summed E-state index contributed by atoms with van der Waals surface area (Å²) in [6, 6.07) is 3.01. The number of nitrogen functional groups attached to an aromatic ring is 3. The molecule has 3 rings (SSSR count). The van der Waals surface area contributed by atoms with Crippen LogP contribution in [0.3, 0.4) is 0 Å². The molecular formula is C16H17FN8O. The highest BCUT2D eigenvalue weighted by atomic mass is 19.1. The van der Waals surface area contributed by atoms with E-state index in [0.717, 1.165) is 6.20 Å². The zero-order chi connectivity index (χ0) is 19.0. The molecule has 3 aromatic heterocycles. The van der Waals surface area contributed by atoms with Gasteiger partial charge in [0, 0.05) is 31.9 Å². The molecule has 134 valence electrons. The fourth-order valence-electron chi connectivity index (χ4n) is 2.43. The number of nitrogens with zero attached hydrogens (tertiary/aromatic N) is 5. The Morgan fingerprint density at radius 3 is 2.54 bits per heavy atom. The number of aromatic nitrogens is 4. The van der Waals surface area contributed by atoms with E-state index >= 15 is 0 Å². The van der Waals surface area contributed by atoms with Crippen molar-refractivity contribution in [2.75, 3.05) is 36.2 Å². The van der Waals surface area contributed by atoms with Gasteiger partial charge in [0.25, 0.3) is 0 Å². The van der Waals surface area contributed by atoms with Crippen LogP contribution in [0.25, 0.3) is 22.5 Å². The number of halogens is 1. The van der Waals surface area contributed by atoms with E-state index in [9.17, 15) is 9.50 Å². The fraction of sp³-hybridized carbons (Fsp3) is 0.125. The van der Waals surface area contributed by atoms with Gasteiger partial charge in [0.1, 0.15) is 5.82 Å². The van der Waals surface area contributed by atoms with Gasteiger partial charge in [0.2, 0.25) is 5.95 Å². The van der Waals surface area contributed by atoms with Gasteiger partial charge in [0.05, 0.1) is 28.8 Å². The molecule has 0 fully saturated rings. The molecule has 0 atom stereocenters. The standard InChI is InChI=1S/C16H17FN8O/c1-25(2)10-5-8(23-16(20)24-10)11-13(18)9(26)6-22-14(11)7-3-4-21-15(19)12(7)17/h3-6,26H,1-2H3,(H2,18,22)(H2,19,21)(H2,20,23,24). The van der Waals surface area contributed by atoms with Crippen LogP contribution < -0.4 is 22.1 Å². The first-order valence-electron chi connectivity index (χ1n) is 7.49. The lowest BCUT2D eigenvalue weighted by Crippen LogP contribution is -2.13. The third-order valence-electron chi connectivity index (χ3n) is 3.71. The highest BCUT2D eigenvalue weighted by molar-refractivity contribution is 5.91. The average molecular weight is 356 g/mol. The van der Waals surface area contributed by atoms with Crippen LogP contribution in [0.15, 0.2) is 24.5 Å². The Morgan fingerprint density at radius 1 is 1.12 bits per heavy atom. The summed E-state index contributed by atoms with van der Waals surface area (Å²) in [5, 5.41) is 10.0. The summed E-state index contributed by atoms with van der Waals surface area (Å²) in [4.78, 5) is 17.8. The molecule has 0 aliphatic heterocycles. The van der Waals surface area contributed by atoms with Gasteiger partial charge in [-0.15, -0.1) is 0 Å². The summed E-state index contributed by atoms with van der Waals surface area (Å²) in [5.41, 5.74) is 18.1. The van der Waals surface area contributed by atoms with Gasteiger partial charge in [0.15, 0.2) is 17.4 Å². The lowest BCUT2D eigenvalue weighted by molar-refractivity contribution is 0.475. The summed E-state index contributed by atoms with van der Waals surface area (Å²) in [7, 11) is 3.56. The van der Waals surface area contributed by atoms with Gasteiger partial charge >= 0.3 is 0 Å². The van der Waals surface area contributed by atoms with E-state index in [1.54, 1.807) is 25.1 Å². The normalized spacial score (nSPS) is 10.7. The van der Waals surface area contributed by atoms with Crippen LogP contribution in [-0.4, -0.2) is 39.1 Å². The minimum atomic E-state index is -0.749. The number of pyridine rings is 2. The first kappa shape index (κ1) is 17.1. The molecule has 3 heterocycles. The molecule has 0 saturated heterocycles. The van der Waals surface area contributed by atoms with Crippen LogP contribution in [0.4, 0.5) is 27.7 Å². The van der Waals surface area contributed by atoms with Crippen LogP contribution >= 0.6 is 0 Å². The van der Waals surface area contributed by atoms with Crippen molar-refractivity contribution in [3.63, 3.8) is 0 Å². The largest absolute Gasteiger partial charge is 0.504 e. The molecule has 0 amide bonds. The highest BCUT2D eigenvalue weighted by Crippen LogP contribution is 2.40. The number of rotatable bonds is 3. The van der Waals surface area contributed by atoms with E-state index in [1.807, 2.05) is 0 Å². The van der Waals surface area contributed by atoms with Crippen molar-refractivity contribution in [3.8, 4) is 28.3 Å². The predicted molar refractivity (Wildman–Crippen MR) is 97.7 cm³/mol. The third-order valence-corrected chi connectivity index (χ3v) is 3.71. The SMILES string of the molecule is CN(C)c1cc(-c2c(-c3ccnc(N)c3F)ncc(O)c2N)nc(N)n1. The van der Waals surface area contributed by atoms with Gasteiger partial charge in [-0.3, -0.25) is 4.98 Å². The lowest BCUT2D eigenvalue weighted by Gasteiger charge is -2.16. The van der Waals surface area contributed by atoms with Gasteiger partial charge < -0.3 is 27.2 Å². The summed E-state index contributed by atoms with van der Waals surface area (Å²) >= 11 is 0. The minimum Gasteiger partial charge on any atom is -0.504 e. The minimum absolute atomic E-state index is 0.00499. The van der Waals surface area contributed by atoms with Crippen LogP contribution in [0.1, 0.15) is 0 Å². The van der Waals surface area contributed by atoms with Crippen LogP contribution in [-0.2, 0) is 0 Å². The summed E-state index contributed by atoms with van der Waals surface area (Å²) in [6.07, 6.45) is 2.48. The van der Waals surface area contributed by atoms with Crippen molar-refractivity contribution >= 4 is 23.3 Å². The Morgan fingerprint density at radius 2 is 1.85 bits per heavy atom. The number of hydrogen-bond acceptors (Lipinski definition) is 9. The smallest absolute Gasteiger partial charge is 0.222 e. The Bertz CT molecular complexity index is 992. The highest BCUT2D eigenvalue weighted by Gasteiger charge is 2.21. The molecular weight excluding hydrogens is 339 g/mol. The maximum absolute atomic E-state index is 14.5. The molecule has 0 unspecified atom stereocenters. The van der Waals surface area contributed by atoms with E-state index in [-0.39, 0.29) is 45.7 Å². The molecule has 0 aromatic carbocycles. The monoisotopic (exact) mass is 356 g/mol. The first-order chi connectivity index (χ1) is 12.3. The maximum atomic E-state index is 14.5. The Balaban J connectivity index is 2.35. The van der Waals surface area contributed by atoms with E-state index in [1.165, 1.54) is 12.3 Å². The average Bonchev–Trinajstić information content (AvgIpc) is 2.59. The maximum Gasteiger partial charge on any atom is 0.222 e. The summed E-state index contributed by atoms with van der Waals surface area (Å²) in [6.45, 7) is 0. The lowest BCUT2D eigenvalue weighted by atomic mass is 10.0. The number of nitrogens with two attached hydrogens (primary N) is 3. The molecule has 0 aliphatic carbocycles. The Hall–Kier alpha value is -3.69. The number of anilines is 4. The molecule has 9 nitrogen and oxygen atoms in total.